The van der Waals surface area contributed by atoms with Crippen molar-refractivity contribution in [2.75, 3.05) is 0 Å². The Morgan fingerprint density at radius 2 is 2.12 bits per heavy atom. The van der Waals surface area contributed by atoms with Crippen molar-refractivity contribution in [3.05, 3.63) is 18.0 Å². The van der Waals surface area contributed by atoms with Gasteiger partial charge in [0.2, 0.25) is 0 Å². The number of nitrogens with one attached hydrogen (secondary N) is 1. The molecule has 1 heterocycles. The molecule has 1 rings (SSSR count). The van der Waals surface area contributed by atoms with Crippen molar-refractivity contribution in [1.29, 1.82) is 0 Å². The van der Waals surface area contributed by atoms with Gasteiger partial charge in [0.15, 0.2) is 0 Å². The first kappa shape index (κ1) is 12.7. The topological polar surface area (TPSA) is 122 Å². The minimum absolute atomic E-state index is 0.0316. The Morgan fingerprint density at radius 1 is 1.47 bits per heavy atom. The summed E-state index contributed by atoms with van der Waals surface area (Å²) in [6, 6.07) is -0.0725. The van der Waals surface area contributed by atoms with E-state index in [0.29, 0.717) is 0 Å². The van der Waals surface area contributed by atoms with Gasteiger partial charge in [-0.3, -0.25) is 14.3 Å². The second-order valence-corrected chi connectivity index (χ2v) is 3.34. The minimum Gasteiger partial charge on any atom is -0.481 e. The predicted molar refractivity (Wildman–Crippen MR) is 54.4 cm³/mol. The van der Waals surface area contributed by atoms with E-state index >= 15 is 0 Å². The van der Waals surface area contributed by atoms with E-state index in [0.717, 1.165) is 0 Å². The molecule has 0 aliphatic carbocycles. The van der Waals surface area contributed by atoms with Crippen LogP contribution in [0.15, 0.2) is 12.3 Å². The highest BCUT2D eigenvalue weighted by atomic mass is 16.4. The van der Waals surface area contributed by atoms with E-state index in [-0.39, 0.29) is 5.69 Å². The van der Waals surface area contributed by atoms with Crippen molar-refractivity contribution in [2.24, 2.45) is 7.05 Å². The highest BCUT2D eigenvalue weighted by Gasteiger charge is 2.24. The summed E-state index contributed by atoms with van der Waals surface area (Å²) in [4.78, 5) is 32.6. The lowest BCUT2D eigenvalue weighted by Crippen LogP contribution is -2.42. The van der Waals surface area contributed by atoms with Crippen LogP contribution in [0.25, 0.3) is 0 Å². The van der Waals surface area contributed by atoms with E-state index in [9.17, 15) is 14.4 Å². The molecule has 0 saturated carbocycles. The molecule has 3 N–H and O–H groups in total. The number of carboxylic acid groups (broad SMARTS) is 2. The molecule has 8 nitrogen and oxygen atoms in total. The van der Waals surface area contributed by atoms with Crippen LogP contribution in [0.5, 0.6) is 0 Å². The summed E-state index contributed by atoms with van der Waals surface area (Å²) in [6.07, 6.45) is 0.829. The molecule has 92 valence electrons. The van der Waals surface area contributed by atoms with Gasteiger partial charge in [0.25, 0.3) is 5.91 Å². The van der Waals surface area contributed by atoms with Gasteiger partial charge >= 0.3 is 11.9 Å². The maximum absolute atomic E-state index is 11.5. The van der Waals surface area contributed by atoms with E-state index in [1.807, 2.05) is 0 Å². The van der Waals surface area contributed by atoms with Gasteiger partial charge in [0, 0.05) is 13.2 Å². The van der Waals surface area contributed by atoms with Gasteiger partial charge in [-0.1, -0.05) is 0 Å². The van der Waals surface area contributed by atoms with Gasteiger partial charge < -0.3 is 15.5 Å². The molecule has 1 amide bonds. The molecule has 0 spiro atoms. The minimum atomic E-state index is -1.47. The standard InChI is InChI=1S/C9H11N3O5/c1-12-3-2-5(11-12)8(15)10-6(9(16)17)4-7(13)14/h2-3,6H,4H2,1H3,(H,10,15)(H,13,14)(H,16,17)/t6-/m0/s1. The first-order valence-electron chi connectivity index (χ1n) is 4.65. The first-order chi connectivity index (χ1) is 7.90. The molecule has 8 heteroatoms. The highest BCUT2D eigenvalue weighted by molar-refractivity contribution is 5.95. The highest BCUT2D eigenvalue weighted by Crippen LogP contribution is 1.98. The molecule has 0 aromatic carbocycles. The number of carbonyl (C=O) groups excluding carboxylic acids is 1. The monoisotopic (exact) mass is 241 g/mol. The number of nitrogens with zero attached hydrogens (tertiary/aromatic N) is 2. The quantitative estimate of drug-likeness (QED) is 0.612. The molecule has 0 saturated heterocycles. The van der Waals surface area contributed by atoms with E-state index in [4.69, 9.17) is 10.2 Å². The summed E-state index contributed by atoms with van der Waals surface area (Å²) in [5.74, 6) is -3.44. The molecule has 17 heavy (non-hydrogen) atoms. The van der Waals surface area contributed by atoms with Crippen LogP contribution in [0.3, 0.4) is 0 Å². The Bertz CT molecular complexity index is 453. The van der Waals surface area contributed by atoms with Crippen molar-refractivity contribution in [1.82, 2.24) is 15.1 Å². The number of hydrogen-bond donors (Lipinski definition) is 3. The van der Waals surface area contributed by atoms with Crippen LogP contribution in [-0.2, 0) is 16.6 Å². The lowest BCUT2D eigenvalue weighted by Gasteiger charge is -2.10. The van der Waals surface area contributed by atoms with Gasteiger partial charge in [0.05, 0.1) is 6.42 Å². The predicted octanol–water partition coefficient (Wildman–Crippen LogP) is -0.922. The number of carbonyl (C=O) groups is 3. The Labute approximate surface area is 95.9 Å². The van der Waals surface area contributed by atoms with E-state index in [1.54, 1.807) is 7.05 Å². The van der Waals surface area contributed by atoms with Crippen LogP contribution < -0.4 is 5.32 Å². The number of hydrogen-bond acceptors (Lipinski definition) is 4. The normalized spacial score (nSPS) is 11.8. The van der Waals surface area contributed by atoms with E-state index in [1.165, 1.54) is 16.9 Å². The van der Waals surface area contributed by atoms with Crippen molar-refractivity contribution in [3.8, 4) is 0 Å². The van der Waals surface area contributed by atoms with Crippen LogP contribution in [0.1, 0.15) is 16.9 Å². The number of aliphatic carboxylic acids is 2. The fourth-order valence-corrected chi connectivity index (χ4v) is 1.14. The van der Waals surface area contributed by atoms with E-state index in [2.05, 4.69) is 10.4 Å². The summed E-state index contributed by atoms with van der Waals surface area (Å²) in [7, 11) is 1.60. The third-order valence-electron chi connectivity index (χ3n) is 1.93. The maximum atomic E-state index is 11.5. The van der Waals surface area contributed by atoms with E-state index < -0.39 is 30.3 Å². The average Bonchev–Trinajstić information content (AvgIpc) is 2.63. The third-order valence-corrected chi connectivity index (χ3v) is 1.93. The molecular weight excluding hydrogens is 230 g/mol. The van der Waals surface area contributed by atoms with Crippen LogP contribution in [-0.4, -0.2) is 43.9 Å². The fraction of sp³-hybridized carbons (Fsp3) is 0.333. The van der Waals surface area contributed by atoms with Crippen LogP contribution in [0, 0.1) is 0 Å². The zero-order chi connectivity index (χ0) is 13.0. The zero-order valence-electron chi connectivity index (χ0n) is 8.95. The summed E-state index contributed by atoms with van der Waals surface area (Å²) >= 11 is 0. The second kappa shape index (κ2) is 5.10. The number of aromatic nitrogens is 2. The fourth-order valence-electron chi connectivity index (χ4n) is 1.14. The average molecular weight is 241 g/mol. The van der Waals surface area contributed by atoms with Crippen molar-refractivity contribution >= 4 is 17.8 Å². The van der Waals surface area contributed by atoms with Crippen LogP contribution in [0.4, 0.5) is 0 Å². The number of rotatable bonds is 5. The first-order valence-corrected chi connectivity index (χ1v) is 4.65. The molecule has 1 aromatic rings. The Morgan fingerprint density at radius 3 is 2.53 bits per heavy atom. The molecule has 0 aliphatic heterocycles. The SMILES string of the molecule is Cn1ccc(C(=O)N[C@@H](CC(=O)O)C(=O)O)n1. The van der Waals surface area contributed by atoms with Crippen molar-refractivity contribution < 1.29 is 24.6 Å². The molecule has 1 atom stereocenters. The Balaban J connectivity index is 2.70. The van der Waals surface area contributed by atoms with Gasteiger partial charge in [-0.05, 0) is 6.07 Å². The van der Waals surface area contributed by atoms with Gasteiger partial charge in [-0.25, -0.2) is 4.79 Å². The molecule has 0 aliphatic rings. The summed E-state index contributed by atoms with van der Waals surface area (Å²) in [5, 5.41) is 23.1. The lowest BCUT2D eigenvalue weighted by molar-refractivity contribution is -0.145. The Hall–Kier alpha value is -2.38. The molecule has 0 bridgehead atoms. The summed E-state index contributed by atoms with van der Waals surface area (Å²) in [5.41, 5.74) is 0.0316. The van der Waals surface area contributed by atoms with Crippen molar-refractivity contribution in [2.45, 2.75) is 12.5 Å². The number of carboxylic acids is 2. The number of aryl methyl sites for hydroxylation is 1. The van der Waals surface area contributed by atoms with Gasteiger partial charge in [-0.2, -0.15) is 5.10 Å². The van der Waals surface area contributed by atoms with Gasteiger partial charge in [0.1, 0.15) is 11.7 Å². The van der Waals surface area contributed by atoms with Crippen molar-refractivity contribution in [3.63, 3.8) is 0 Å². The molecule has 0 unspecified atom stereocenters. The van der Waals surface area contributed by atoms with Crippen LogP contribution >= 0.6 is 0 Å². The summed E-state index contributed by atoms with van der Waals surface area (Å²) < 4.78 is 1.38. The van der Waals surface area contributed by atoms with Gasteiger partial charge in [-0.15, -0.1) is 0 Å². The molecule has 0 radical (unpaired) electrons. The molecule has 0 fully saturated rings. The Kier molecular flexibility index (Phi) is 3.81. The number of amides is 1. The maximum Gasteiger partial charge on any atom is 0.326 e. The second-order valence-electron chi connectivity index (χ2n) is 3.34. The third kappa shape index (κ3) is 3.59. The zero-order valence-corrected chi connectivity index (χ0v) is 8.95. The molecular formula is C9H11N3O5. The smallest absolute Gasteiger partial charge is 0.326 e. The lowest BCUT2D eigenvalue weighted by atomic mass is 10.2. The molecule has 1 aromatic heterocycles. The van der Waals surface area contributed by atoms with Crippen LogP contribution in [0.2, 0.25) is 0 Å². The largest absolute Gasteiger partial charge is 0.481 e. The summed E-state index contributed by atoms with van der Waals surface area (Å²) in [6.45, 7) is 0.